The second kappa shape index (κ2) is 4.04. The Labute approximate surface area is 91.5 Å². The van der Waals surface area contributed by atoms with Crippen LogP contribution in [0.2, 0.25) is 0 Å². The van der Waals surface area contributed by atoms with Gasteiger partial charge in [0, 0.05) is 12.6 Å². The molecule has 0 saturated carbocycles. The summed E-state index contributed by atoms with van der Waals surface area (Å²) in [7, 11) is 0. The first-order valence-corrected chi connectivity index (χ1v) is 6.35. The lowest BCUT2D eigenvalue weighted by Gasteiger charge is -2.22. The van der Waals surface area contributed by atoms with Gasteiger partial charge in [0.05, 0.1) is 24.4 Å². The average Bonchev–Trinajstić information content (AvgIpc) is 2.90. The molecule has 0 aromatic carbocycles. The lowest BCUT2D eigenvalue weighted by atomic mass is 9.95. The van der Waals surface area contributed by atoms with Crippen molar-refractivity contribution in [2.45, 2.75) is 69.5 Å². The monoisotopic (exact) mass is 211 g/mol. The SMILES string of the molecule is CC1CCC(CNC2CC3CCC2O3)O1. The van der Waals surface area contributed by atoms with Crippen LogP contribution in [0.4, 0.5) is 0 Å². The van der Waals surface area contributed by atoms with E-state index in [1.165, 1.54) is 32.1 Å². The van der Waals surface area contributed by atoms with Crippen molar-refractivity contribution in [1.29, 1.82) is 0 Å². The highest BCUT2D eigenvalue weighted by Gasteiger charge is 2.40. The number of rotatable bonds is 3. The molecule has 0 aromatic heterocycles. The number of ether oxygens (including phenoxy) is 2. The van der Waals surface area contributed by atoms with Gasteiger partial charge < -0.3 is 14.8 Å². The van der Waals surface area contributed by atoms with Gasteiger partial charge in [0.1, 0.15) is 0 Å². The maximum atomic E-state index is 5.82. The van der Waals surface area contributed by atoms with Crippen LogP contribution in [-0.2, 0) is 9.47 Å². The lowest BCUT2D eigenvalue weighted by Crippen LogP contribution is -2.41. The Morgan fingerprint density at radius 1 is 1.13 bits per heavy atom. The summed E-state index contributed by atoms with van der Waals surface area (Å²) in [6.07, 6.45) is 8.14. The van der Waals surface area contributed by atoms with Crippen LogP contribution in [0.5, 0.6) is 0 Å². The van der Waals surface area contributed by atoms with Crippen LogP contribution in [-0.4, -0.2) is 37.0 Å². The molecule has 3 aliphatic heterocycles. The van der Waals surface area contributed by atoms with Crippen LogP contribution in [0.15, 0.2) is 0 Å². The highest BCUT2D eigenvalue weighted by Crippen LogP contribution is 2.34. The predicted octanol–water partition coefficient (Wildman–Crippen LogP) is 1.46. The second-order valence-corrected chi connectivity index (χ2v) is 5.27. The molecule has 3 nitrogen and oxygen atoms in total. The van der Waals surface area contributed by atoms with E-state index >= 15 is 0 Å². The van der Waals surface area contributed by atoms with Gasteiger partial charge in [-0.2, -0.15) is 0 Å². The van der Waals surface area contributed by atoms with E-state index in [9.17, 15) is 0 Å². The molecule has 3 heterocycles. The number of hydrogen-bond donors (Lipinski definition) is 1. The molecule has 3 saturated heterocycles. The Balaban J connectivity index is 1.43. The Hall–Kier alpha value is -0.120. The minimum absolute atomic E-state index is 0.444. The molecule has 2 bridgehead atoms. The molecule has 5 unspecified atom stereocenters. The van der Waals surface area contributed by atoms with Crippen molar-refractivity contribution in [1.82, 2.24) is 5.32 Å². The molecule has 5 atom stereocenters. The predicted molar refractivity (Wildman–Crippen MR) is 57.9 cm³/mol. The van der Waals surface area contributed by atoms with Crippen molar-refractivity contribution in [3.63, 3.8) is 0 Å². The highest BCUT2D eigenvalue weighted by atomic mass is 16.5. The molecular weight excluding hydrogens is 190 g/mol. The summed E-state index contributed by atoms with van der Waals surface area (Å²) in [6, 6.07) is 0.600. The molecule has 3 aliphatic rings. The van der Waals surface area contributed by atoms with Crippen molar-refractivity contribution < 1.29 is 9.47 Å². The smallest absolute Gasteiger partial charge is 0.0733 e. The number of hydrogen-bond acceptors (Lipinski definition) is 3. The van der Waals surface area contributed by atoms with Gasteiger partial charge >= 0.3 is 0 Å². The molecule has 15 heavy (non-hydrogen) atoms. The van der Waals surface area contributed by atoms with Crippen molar-refractivity contribution in [2.75, 3.05) is 6.54 Å². The highest BCUT2D eigenvalue weighted by molar-refractivity contribution is 4.94. The van der Waals surface area contributed by atoms with E-state index < -0.39 is 0 Å². The number of nitrogens with one attached hydrogen (secondary N) is 1. The van der Waals surface area contributed by atoms with E-state index in [0.717, 1.165) is 6.54 Å². The molecule has 0 amide bonds. The van der Waals surface area contributed by atoms with E-state index in [0.29, 0.717) is 30.5 Å². The van der Waals surface area contributed by atoms with E-state index in [-0.39, 0.29) is 0 Å². The zero-order valence-electron chi connectivity index (χ0n) is 9.45. The fourth-order valence-electron chi connectivity index (χ4n) is 3.17. The zero-order chi connectivity index (χ0) is 10.3. The van der Waals surface area contributed by atoms with E-state index in [4.69, 9.17) is 9.47 Å². The Bertz CT molecular complexity index is 234. The lowest BCUT2D eigenvalue weighted by molar-refractivity contribution is 0.0509. The van der Waals surface area contributed by atoms with Gasteiger partial charge in [-0.15, -0.1) is 0 Å². The fourth-order valence-corrected chi connectivity index (χ4v) is 3.17. The third-order valence-corrected chi connectivity index (χ3v) is 4.03. The van der Waals surface area contributed by atoms with E-state index in [1.807, 2.05) is 0 Å². The van der Waals surface area contributed by atoms with Gasteiger partial charge in [-0.25, -0.2) is 0 Å². The van der Waals surface area contributed by atoms with Crippen molar-refractivity contribution >= 4 is 0 Å². The van der Waals surface area contributed by atoms with Crippen LogP contribution in [0.1, 0.15) is 39.0 Å². The number of fused-ring (bicyclic) bond motifs is 2. The van der Waals surface area contributed by atoms with Gasteiger partial charge in [0.15, 0.2) is 0 Å². The summed E-state index contributed by atoms with van der Waals surface area (Å²) in [5.41, 5.74) is 0. The molecule has 0 spiro atoms. The van der Waals surface area contributed by atoms with E-state index in [1.54, 1.807) is 0 Å². The first-order chi connectivity index (χ1) is 7.31. The van der Waals surface area contributed by atoms with E-state index in [2.05, 4.69) is 12.2 Å². The first kappa shape index (κ1) is 10.1. The molecule has 3 rings (SSSR count). The Morgan fingerprint density at radius 3 is 2.67 bits per heavy atom. The van der Waals surface area contributed by atoms with Crippen LogP contribution in [0, 0.1) is 0 Å². The Morgan fingerprint density at radius 2 is 2.07 bits per heavy atom. The molecule has 3 fully saturated rings. The quantitative estimate of drug-likeness (QED) is 0.766. The van der Waals surface area contributed by atoms with Crippen molar-refractivity contribution in [3.8, 4) is 0 Å². The summed E-state index contributed by atoms with van der Waals surface area (Å²) < 4.78 is 11.6. The van der Waals surface area contributed by atoms with Gasteiger partial charge in [-0.3, -0.25) is 0 Å². The maximum Gasteiger partial charge on any atom is 0.0733 e. The molecular formula is C12H21NO2. The van der Waals surface area contributed by atoms with Crippen LogP contribution < -0.4 is 5.32 Å². The minimum Gasteiger partial charge on any atom is -0.374 e. The maximum absolute atomic E-state index is 5.82. The summed E-state index contributed by atoms with van der Waals surface area (Å²) in [5, 5.41) is 3.63. The summed E-state index contributed by atoms with van der Waals surface area (Å²) in [6.45, 7) is 3.18. The van der Waals surface area contributed by atoms with Gasteiger partial charge in [0.25, 0.3) is 0 Å². The van der Waals surface area contributed by atoms with Gasteiger partial charge in [-0.05, 0) is 39.0 Å². The van der Waals surface area contributed by atoms with Gasteiger partial charge in [0.2, 0.25) is 0 Å². The summed E-state index contributed by atoms with van der Waals surface area (Å²) >= 11 is 0. The van der Waals surface area contributed by atoms with Crippen LogP contribution >= 0.6 is 0 Å². The topological polar surface area (TPSA) is 30.5 Å². The zero-order valence-corrected chi connectivity index (χ0v) is 9.45. The Kier molecular flexibility index (Phi) is 2.71. The second-order valence-electron chi connectivity index (χ2n) is 5.27. The summed E-state index contributed by atoms with van der Waals surface area (Å²) in [5.74, 6) is 0. The van der Waals surface area contributed by atoms with Crippen LogP contribution in [0.25, 0.3) is 0 Å². The van der Waals surface area contributed by atoms with Crippen molar-refractivity contribution in [3.05, 3.63) is 0 Å². The standard InChI is InChI=1S/C12H21NO2/c1-8-2-3-10(14-8)7-13-11-6-9-4-5-12(11)15-9/h8-13H,2-7H2,1H3. The molecule has 3 heteroatoms. The first-order valence-electron chi connectivity index (χ1n) is 6.35. The van der Waals surface area contributed by atoms with Crippen LogP contribution in [0.3, 0.4) is 0 Å². The largest absolute Gasteiger partial charge is 0.374 e. The molecule has 86 valence electrons. The van der Waals surface area contributed by atoms with Crippen molar-refractivity contribution in [2.24, 2.45) is 0 Å². The molecule has 1 N–H and O–H groups in total. The van der Waals surface area contributed by atoms with Gasteiger partial charge in [-0.1, -0.05) is 0 Å². The minimum atomic E-state index is 0.444. The normalized spacial score (nSPS) is 49.0. The molecule has 0 aromatic rings. The third-order valence-electron chi connectivity index (χ3n) is 4.03. The molecule has 0 radical (unpaired) electrons. The summed E-state index contributed by atoms with van der Waals surface area (Å²) in [4.78, 5) is 0. The average molecular weight is 211 g/mol. The molecule has 0 aliphatic carbocycles. The third kappa shape index (κ3) is 2.05. The fraction of sp³-hybridized carbons (Fsp3) is 1.00.